The van der Waals surface area contributed by atoms with Crippen LogP contribution >= 0.6 is 22.6 Å². The first-order valence-corrected chi connectivity index (χ1v) is 7.89. The summed E-state index contributed by atoms with van der Waals surface area (Å²) in [6.45, 7) is 10.1. The van der Waals surface area contributed by atoms with Crippen LogP contribution in [0.3, 0.4) is 0 Å². The van der Waals surface area contributed by atoms with E-state index in [4.69, 9.17) is 0 Å². The van der Waals surface area contributed by atoms with Crippen LogP contribution in [0.4, 0.5) is 0 Å². The van der Waals surface area contributed by atoms with E-state index in [9.17, 15) is 4.55 Å². The Morgan fingerprint density at radius 2 is 1.94 bits per heavy atom. The molecular formula is C13H20INOS. The van der Waals surface area contributed by atoms with Gasteiger partial charge in [0.1, 0.15) is 4.75 Å². The molecule has 17 heavy (non-hydrogen) atoms. The molecular weight excluding hydrogens is 345 g/mol. The number of aryl methyl sites for hydroxylation is 1. The molecule has 0 aromatic heterocycles. The normalized spacial score (nSPS) is 15.7. The zero-order valence-electron chi connectivity index (χ0n) is 11.0. The van der Waals surface area contributed by atoms with Gasteiger partial charge in [-0.1, -0.05) is 12.1 Å². The van der Waals surface area contributed by atoms with E-state index < -0.39 is 11.4 Å². The van der Waals surface area contributed by atoms with Gasteiger partial charge in [0, 0.05) is 14.9 Å². The Kier molecular flexibility index (Phi) is 5.31. The minimum absolute atomic E-state index is 0.101. The highest BCUT2D eigenvalue weighted by molar-refractivity contribution is 14.1. The summed E-state index contributed by atoms with van der Waals surface area (Å²) in [5.41, 5.74) is 2.45. The van der Waals surface area contributed by atoms with Gasteiger partial charge in [-0.05, 0) is 74.4 Å². The Labute approximate surface area is 121 Å². The van der Waals surface area contributed by atoms with Crippen molar-refractivity contribution in [3.63, 3.8) is 0 Å². The lowest BCUT2D eigenvalue weighted by Crippen LogP contribution is -2.40. The number of halogens is 1. The second kappa shape index (κ2) is 5.91. The lowest BCUT2D eigenvalue weighted by molar-refractivity contribution is 0.531. The molecule has 0 saturated heterocycles. The standard InChI is InChI=1S/C13H20INOS/c1-9-6-7-11(8-12(9)14)10(2)15-17(16)13(3,4)5/h6-8,10,15H,1-5H3/t10-,17?/m1/s1. The Morgan fingerprint density at radius 1 is 1.35 bits per heavy atom. The summed E-state index contributed by atoms with van der Waals surface area (Å²) in [6, 6.07) is 6.45. The highest BCUT2D eigenvalue weighted by Gasteiger charge is 2.28. The summed E-state index contributed by atoms with van der Waals surface area (Å²) in [5.74, 6) is 0. The molecule has 1 unspecified atom stereocenters. The van der Waals surface area contributed by atoms with E-state index in [-0.39, 0.29) is 10.8 Å². The Hall–Kier alpha value is 0.220. The van der Waals surface area contributed by atoms with Gasteiger partial charge < -0.3 is 4.55 Å². The van der Waals surface area contributed by atoms with E-state index in [1.807, 2.05) is 27.7 Å². The molecule has 96 valence electrons. The molecule has 1 N–H and O–H groups in total. The maximum atomic E-state index is 12.0. The van der Waals surface area contributed by atoms with Gasteiger partial charge in [-0.15, -0.1) is 4.72 Å². The van der Waals surface area contributed by atoms with Crippen molar-refractivity contribution in [2.45, 2.75) is 45.4 Å². The number of nitrogens with one attached hydrogen (secondary N) is 1. The van der Waals surface area contributed by atoms with Crippen LogP contribution in [0.15, 0.2) is 18.2 Å². The summed E-state index contributed by atoms with van der Waals surface area (Å²) in [5, 5.41) is 0. The monoisotopic (exact) mass is 365 g/mol. The summed E-state index contributed by atoms with van der Waals surface area (Å²) < 4.78 is 16.2. The third kappa shape index (κ3) is 4.43. The molecule has 0 heterocycles. The summed E-state index contributed by atoms with van der Waals surface area (Å²) in [4.78, 5) is 0. The highest BCUT2D eigenvalue weighted by atomic mass is 127. The molecule has 1 rings (SSSR count). The van der Waals surface area contributed by atoms with Crippen LogP contribution in [0, 0.1) is 10.5 Å². The third-order valence-corrected chi connectivity index (χ3v) is 5.38. The first-order valence-electron chi connectivity index (χ1n) is 5.66. The molecule has 0 fully saturated rings. The van der Waals surface area contributed by atoms with Crippen molar-refractivity contribution in [3.05, 3.63) is 32.9 Å². The smallest absolute Gasteiger partial charge is 0.136 e. The van der Waals surface area contributed by atoms with E-state index in [1.165, 1.54) is 14.7 Å². The number of hydrogen-bond acceptors (Lipinski definition) is 2. The molecule has 1 aromatic rings. The molecule has 1 aromatic carbocycles. The van der Waals surface area contributed by atoms with Crippen LogP contribution in [0.2, 0.25) is 0 Å². The van der Waals surface area contributed by atoms with Gasteiger partial charge in [0.05, 0.1) is 6.04 Å². The molecule has 0 aliphatic heterocycles. The largest absolute Gasteiger partial charge is 0.598 e. The van der Waals surface area contributed by atoms with Crippen molar-refractivity contribution in [1.29, 1.82) is 0 Å². The summed E-state index contributed by atoms with van der Waals surface area (Å²) >= 11 is 1.30. The Bertz CT molecular complexity index is 389. The fraction of sp³-hybridized carbons (Fsp3) is 0.538. The SMILES string of the molecule is Cc1ccc([C@@H](C)N[S+]([O-])C(C)(C)C)cc1I. The first kappa shape index (κ1) is 15.3. The Morgan fingerprint density at radius 3 is 2.41 bits per heavy atom. The summed E-state index contributed by atoms with van der Waals surface area (Å²) in [6.07, 6.45) is 0. The fourth-order valence-corrected chi connectivity index (χ4v) is 2.63. The molecule has 0 aliphatic rings. The van der Waals surface area contributed by atoms with Gasteiger partial charge in [0.2, 0.25) is 0 Å². The highest BCUT2D eigenvalue weighted by Crippen LogP contribution is 2.22. The second-order valence-corrected chi connectivity index (χ2v) is 8.39. The van der Waals surface area contributed by atoms with E-state index in [0.29, 0.717) is 0 Å². The zero-order chi connectivity index (χ0) is 13.2. The molecule has 0 spiro atoms. The van der Waals surface area contributed by atoms with E-state index in [2.05, 4.69) is 52.4 Å². The average Bonchev–Trinajstić information content (AvgIpc) is 2.20. The van der Waals surface area contributed by atoms with Gasteiger partial charge >= 0.3 is 0 Å². The van der Waals surface area contributed by atoms with Crippen molar-refractivity contribution >= 4 is 34.0 Å². The maximum Gasteiger partial charge on any atom is 0.136 e. The molecule has 2 atom stereocenters. The van der Waals surface area contributed by atoms with Gasteiger partial charge in [0.25, 0.3) is 0 Å². The zero-order valence-corrected chi connectivity index (χ0v) is 14.0. The quantitative estimate of drug-likeness (QED) is 0.655. The van der Waals surface area contributed by atoms with Crippen LogP contribution < -0.4 is 4.72 Å². The topological polar surface area (TPSA) is 35.1 Å². The molecule has 0 saturated carbocycles. The molecule has 0 radical (unpaired) electrons. The molecule has 0 aliphatic carbocycles. The van der Waals surface area contributed by atoms with E-state index in [0.717, 1.165) is 0 Å². The second-order valence-electron chi connectivity index (χ2n) is 5.23. The maximum absolute atomic E-state index is 12.0. The Balaban J connectivity index is 2.76. The van der Waals surface area contributed by atoms with Crippen LogP contribution in [0.25, 0.3) is 0 Å². The van der Waals surface area contributed by atoms with E-state index in [1.54, 1.807) is 0 Å². The third-order valence-electron chi connectivity index (χ3n) is 2.54. The van der Waals surface area contributed by atoms with Crippen molar-refractivity contribution < 1.29 is 4.55 Å². The summed E-state index contributed by atoms with van der Waals surface area (Å²) in [7, 11) is 0. The van der Waals surface area contributed by atoms with Crippen LogP contribution in [0.5, 0.6) is 0 Å². The predicted octanol–water partition coefficient (Wildman–Crippen LogP) is 3.71. The van der Waals surface area contributed by atoms with E-state index >= 15 is 0 Å². The van der Waals surface area contributed by atoms with Crippen molar-refractivity contribution in [1.82, 2.24) is 4.72 Å². The number of rotatable bonds is 3. The molecule has 2 nitrogen and oxygen atoms in total. The van der Waals surface area contributed by atoms with Gasteiger partial charge in [-0.25, -0.2) is 0 Å². The average molecular weight is 365 g/mol. The first-order chi connectivity index (χ1) is 7.71. The minimum Gasteiger partial charge on any atom is -0.598 e. The molecule has 0 bridgehead atoms. The predicted molar refractivity (Wildman–Crippen MR) is 83.3 cm³/mol. The van der Waals surface area contributed by atoms with Crippen molar-refractivity contribution in [3.8, 4) is 0 Å². The lowest BCUT2D eigenvalue weighted by Gasteiger charge is -2.26. The van der Waals surface area contributed by atoms with Crippen molar-refractivity contribution in [2.24, 2.45) is 0 Å². The lowest BCUT2D eigenvalue weighted by atomic mass is 10.1. The van der Waals surface area contributed by atoms with Crippen molar-refractivity contribution in [2.75, 3.05) is 0 Å². The van der Waals surface area contributed by atoms with Crippen LogP contribution in [-0.4, -0.2) is 9.30 Å². The van der Waals surface area contributed by atoms with Gasteiger partial charge in [-0.2, -0.15) is 0 Å². The molecule has 4 heteroatoms. The minimum atomic E-state index is -1.03. The number of benzene rings is 1. The van der Waals surface area contributed by atoms with Crippen LogP contribution in [0.1, 0.15) is 44.9 Å². The fourth-order valence-electron chi connectivity index (χ4n) is 1.28. The molecule has 0 amide bonds. The van der Waals surface area contributed by atoms with Gasteiger partial charge in [-0.3, -0.25) is 0 Å². The number of hydrogen-bond donors (Lipinski definition) is 1. The van der Waals surface area contributed by atoms with Gasteiger partial charge in [0.15, 0.2) is 0 Å². The van der Waals surface area contributed by atoms with Crippen LogP contribution in [-0.2, 0) is 11.4 Å².